The lowest BCUT2D eigenvalue weighted by molar-refractivity contribution is -0.121. The quantitative estimate of drug-likeness (QED) is 0.516. The summed E-state index contributed by atoms with van der Waals surface area (Å²) in [6, 6.07) is 18.4. The highest BCUT2D eigenvalue weighted by Crippen LogP contribution is 2.28. The van der Waals surface area contributed by atoms with Crippen molar-refractivity contribution in [2.75, 3.05) is 5.73 Å². The maximum atomic E-state index is 12.2. The molecule has 2 aromatic carbocycles. The van der Waals surface area contributed by atoms with E-state index in [0.29, 0.717) is 25.2 Å². The minimum absolute atomic E-state index is 0.0417. The highest BCUT2D eigenvalue weighted by Gasteiger charge is 2.09. The number of nitrogens with two attached hydrogens (primary N) is 1. The molecule has 0 aliphatic rings. The van der Waals surface area contributed by atoms with Crippen LogP contribution in [0.1, 0.15) is 23.1 Å². The number of anilines is 1. The molecule has 0 aliphatic heterocycles. The number of nitrogens with zero attached hydrogens (tertiary/aromatic N) is 3. The maximum absolute atomic E-state index is 12.2. The van der Waals surface area contributed by atoms with Crippen molar-refractivity contribution in [2.24, 2.45) is 0 Å². The molecule has 1 amide bonds. The number of carbonyl (C=O) groups excluding carboxylic acids is 1. The third-order valence-corrected chi connectivity index (χ3v) is 5.14. The lowest BCUT2D eigenvalue weighted by atomic mass is 9.98. The molecule has 0 bridgehead atoms. The molecule has 0 aliphatic carbocycles. The number of fused-ring (bicyclic) bond motifs is 1. The molecule has 0 spiro atoms. The number of benzene rings is 2. The lowest BCUT2D eigenvalue weighted by Crippen LogP contribution is -2.23. The van der Waals surface area contributed by atoms with Crippen molar-refractivity contribution in [1.29, 1.82) is 0 Å². The van der Waals surface area contributed by atoms with Gasteiger partial charge in [0.15, 0.2) is 0 Å². The summed E-state index contributed by atoms with van der Waals surface area (Å²) in [5.74, 6) is 0.428. The first-order valence-corrected chi connectivity index (χ1v) is 9.87. The fourth-order valence-corrected chi connectivity index (χ4v) is 3.46. The van der Waals surface area contributed by atoms with E-state index in [0.717, 1.165) is 27.6 Å². The van der Waals surface area contributed by atoms with E-state index in [1.807, 2.05) is 30.3 Å². The van der Waals surface area contributed by atoms with E-state index in [1.54, 1.807) is 12.4 Å². The van der Waals surface area contributed by atoms with Crippen LogP contribution in [0.4, 0.5) is 5.82 Å². The summed E-state index contributed by atoms with van der Waals surface area (Å²) in [4.78, 5) is 16.8. The van der Waals surface area contributed by atoms with Crippen molar-refractivity contribution in [2.45, 2.75) is 26.3 Å². The average molecular weight is 397 g/mol. The molecule has 0 fully saturated rings. The highest BCUT2D eigenvalue weighted by atomic mass is 16.1. The normalized spacial score (nSPS) is 10.8. The number of rotatable bonds is 6. The Kier molecular flexibility index (Phi) is 5.66. The highest BCUT2D eigenvalue weighted by molar-refractivity contribution is 5.87. The zero-order valence-corrected chi connectivity index (χ0v) is 16.8. The molecule has 0 saturated carbocycles. The van der Waals surface area contributed by atoms with E-state index >= 15 is 0 Å². The molecule has 30 heavy (non-hydrogen) atoms. The summed E-state index contributed by atoms with van der Waals surface area (Å²) in [5.41, 5.74) is 12.4. The predicted octanol–water partition coefficient (Wildman–Crippen LogP) is 3.83. The van der Waals surface area contributed by atoms with Crippen LogP contribution in [0.2, 0.25) is 0 Å². The number of nitrogen functional groups attached to an aromatic ring is 1. The first-order valence-electron chi connectivity index (χ1n) is 9.87. The number of hydrogen-bond donors (Lipinski definition) is 2. The number of amides is 1. The number of pyridine rings is 1. The summed E-state index contributed by atoms with van der Waals surface area (Å²) in [5, 5.41) is 11.4. The Morgan fingerprint density at radius 2 is 1.93 bits per heavy atom. The predicted molar refractivity (Wildman–Crippen MR) is 119 cm³/mol. The van der Waals surface area contributed by atoms with Gasteiger partial charge in [0.05, 0.1) is 11.7 Å². The minimum atomic E-state index is -0.0417. The van der Waals surface area contributed by atoms with Gasteiger partial charge in [0.25, 0.3) is 0 Å². The summed E-state index contributed by atoms with van der Waals surface area (Å²) >= 11 is 0. The van der Waals surface area contributed by atoms with Crippen LogP contribution in [0.5, 0.6) is 0 Å². The van der Waals surface area contributed by atoms with E-state index in [1.165, 1.54) is 11.1 Å². The lowest BCUT2D eigenvalue weighted by Gasteiger charge is -2.10. The Bertz CT molecular complexity index is 1190. The molecular weight excluding hydrogens is 374 g/mol. The Labute approximate surface area is 175 Å². The smallest absolute Gasteiger partial charge is 0.220 e. The van der Waals surface area contributed by atoms with Crippen LogP contribution in [0.15, 0.2) is 67.0 Å². The molecule has 6 nitrogen and oxygen atoms in total. The topological polar surface area (TPSA) is 93.8 Å². The summed E-state index contributed by atoms with van der Waals surface area (Å²) < 4.78 is 0. The van der Waals surface area contributed by atoms with Gasteiger partial charge in [0, 0.05) is 24.5 Å². The molecule has 4 aromatic rings. The third kappa shape index (κ3) is 4.43. The molecule has 0 atom stereocenters. The van der Waals surface area contributed by atoms with Gasteiger partial charge in [-0.3, -0.25) is 4.79 Å². The monoisotopic (exact) mass is 397 g/mol. The SMILES string of the molecule is Cc1ccccc1-c1ccc2nc(N)c(CCC(=O)NCc3ccnnc3)cc2c1. The van der Waals surface area contributed by atoms with E-state index in [4.69, 9.17) is 5.73 Å². The molecule has 0 radical (unpaired) electrons. The van der Waals surface area contributed by atoms with Gasteiger partial charge >= 0.3 is 0 Å². The molecule has 6 heteroatoms. The molecule has 0 unspecified atom stereocenters. The van der Waals surface area contributed by atoms with Crippen molar-refractivity contribution in [3.05, 3.63) is 83.7 Å². The van der Waals surface area contributed by atoms with E-state index in [-0.39, 0.29) is 5.91 Å². The van der Waals surface area contributed by atoms with Crippen LogP contribution >= 0.6 is 0 Å². The van der Waals surface area contributed by atoms with E-state index in [2.05, 4.69) is 51.7 Å². The minimum Gasteiger partial charge on any atom is -0.383 e. The van der Waals surface area contributed by atoms with Crippen molar-refractivity contribution < 1.29 is 4.79 Å². The van der Waals surface area contributed by atoms with Crippen LogP contribution in [0.25, 0.3) is 22.0 Å². The van der Waals surface area contributed by atoms with Crippen LogP contribution in [0, 0.1) is 6.92 Å². The largest absolute Gasteiger partial charge is 0.383 e. The van der Waals surface area contributed by atoms with E-state index < -0.39 is 0 Å². The summed E-state index contributed by atoms with van der Waals surface area (Å²) in [7, 11) is 0. The fourth-order valence-electron chi connectivity index (χ4n) is 3.46. The van der Waals surface area contributed by atoms with Gasteiger partial charge in [-0.2, -0.15) is 10.2 Å². The Balaban J connectivity index is 1.49. The maximum Gasteiger partial charge on any atom is 0.220 e. The van der Waals surface area contributed by atoms with Crippen LogP contribution < -0.4 is 11.1 Å². The zero-order valence-electron chi connectivity index (χ0n) is 16.8. The molecule has 150 valence electrons. The van der Waals surface area contributed by atoms with Crippen LogP contribution in [-0.4, -0.2) is 21.1 Å². The number of aryl methyl sites for hydroxylation is 2. The molecule has 2 heterocycles. The number of hydrogen-bond acceptors (Lipinski definition) is 5. The second kappa shape index (κ2) is 8.69. The van der Waals surface area contributed by atoms with Gasteiger partial charge in [-0.05, 0) is 65.4 Å². The molecule has 3 N–H and O–H groups in total. The van der Waals surface area contributed by atoms with Crippen LogP contribution in [0.3, 0.4) is 0 Å². The van der Waals surface area contributed by atoms with Crippen molar-refractivity contribution in [3.8, 4) is 11.1 Å². The van der Waals surface area contributed by atoms with Gasteiger partial charge in [-0.15, -0.1) is 0 Å². The molecule has 2 aromatic heterocycles. The van der Waals surface area contributed by atoms with Gasteiger partial charge in [-0.25, -0.2) is 4.98 Å². The van der Waals surface area contributed by atoms with Crippen LogP contribution in [-0.2, 0) is 17.8 Å². The summed E-state index contributed by atoms with van der Waals surface area (Å²) in [6.07, 6.45) is 4.11. The van der Waals surface area contributed by atoms with Crippen molar-refractivity contribution >= 4 is 22.6 Å². The average Bonchev–Trinajstić information content (AvgIpc) is 2.77. The van der Waals surface area contributed by atoms with Crippen molar-refractivity contribution in [1.82, 2.24) is 20.5 Å². The van der Waals surface area contributed by atoms with Gasteiger partial charge in [0.1, 0.15) is 5.82 Å². The number of carbonyl (C=O) groups is 1. The van der Waals surface area contributed by atoms with Crippen molar-refractivity contribution in [3.63, 3.8) is 0 Å². The Hall–Kier alpha value is -3.80. The molecule has 0 saturated heterocycles. The first kappa shape index (κ1) is 19.5. The number of aromatic nitrogens is 3. The first-order chi connectivity index (χ1) is 14.6. The standard InChI is InChI=1S/C24H23N5O/c1-16-4-2-3-5-21(16)18-6-8-22-20(12-18)13-19(24(25)29-22)7-9-23(30)26-14-17-10-11-27-28-15-17/h2-6,8,10-13,15H,7,9,14H2,1H3,(H2,25,29)(H,26,30). The van der Waals surface area contributed by atoms with Gasteiger partial charge in [0.2, 0.25) is 5.91 Å². The Morgan fingerprint density at radius 1 is 1.07 bits per heavy atom. The van der Waals surface area contributed by atoms with Gasteiger partial charge < -0.3 is 11.1 Å². The summed E-state index contributed by atoms with van der Waals surface area (Å²) in [6.45, 7) is 2.53. The molecular formula is C24H23N5O. The Morgan fingerprint density at radius 3 is 2.73 bits per heavy atom. The molecule has 4 rings (SSSR count). The van der Waals surface area contributed by atoms with Gasteiger partial charge in [-0.1, -0.05) is 30.3 Å². The number of nitrogens with one attached hydrogen (secondary N) is 1. The zero-order chi connectivity index (χ0) is 20.9. The second-order valence-corrected chi connectivity index (χ2v) is 7.28. The fraction of sp³-hybridized carbons (Fsp3) is 0.167. The third-order valence-electron chi connectivity index (χ3n) is 5.14. The second-order valence-electron chi connectivity index (χ2n) is 7.28. The van der Waals surface area contributed by atoms with E-state index in [9.17, 15) is 4.79 Å².